The van der Waals surface area contributed by atoms with Crippen LogP contribution in [0.25, 0.3) is 0 Å². The Labute approximate surface area is 98.4 Å². The summed E-state index contributed by atoms with van der Waals surface area (Å²) < 4.78 is 0. The van der Waals surface area contributed by atoms with Crippen LogP contribution in [0.2, 0.25) is 0 Å². The van der Waals surface area contributed by atoms with Crippen LogP contribution in [0.4, 0.5) is 5.69 Å². The number of nitro groups is 1. The Bertz CT molecular complexity index is 507. The molecule has 6 nitrogen and oxygen atoms in total. The van der Waals surface area contributed by atoms with Crippen molar-refractivity contribution in [1.82, 2.24) is 0 Å². The monoisotopic (exact) mass is 284 g/mol. The minimum atomic E-state index is -1.23. The number of nitro benzene ring substituents is 1. The smallest absolute Gasteiger partial charge is 0.335 e. The van der Waals surface area contributed by atoms with Gasteiger partial charge in [-0.25, -0.2) is 4.79 Å². The molecule has 1 aromatic carbocycles. The van der Waals surface area contributed by atoms with Gasteiger partial charge in [-0.15, -0.1) is 0 Å². The summed E-state index contributed by atoms with van der Waals surface area (Å²) in [4.78, 5) is 20.8. The molecule has 1 aromatic rings. The molecule has 0 fully saturated rings. The normalized spacial score (nSPS) is 9.50. The maximum atomic E-state index is 10.7. The fraction of sp³-hybridized carbons (Fsp3) is 0.111. The van der Waals surface area contributed by atoms with E-state index in [4.69, 9.17) is 10.4 Å². The number of alkyl halides is 1. The second-order valence-electron chi connectivity index (χ2n) is 2.84. The van der Waals surface area contributed by atoms with Crippen LogP contribution >= 0.6 is 15.9 Å². The van der Waals surface area contributed by atoms with Crippen molar-refractivity contribution in [3.05, 3.63) is 38.9 Å². The summed E-state index contributed by atoms with van der Waals surface area (Å²) in [5.41, 5.74) is -0.582. The second kappa shape index (κ2) is 4.72. The van der Waals surface area contributed by atoms with Gasteiger partial charge in [0.25, 0.3) is 5.69 Å². The number of carboxylic acid groups (broad SMARTS) is 1. The summed E-state index contributed by atoms with van der Waals surface area (Å²) in [6.07, 6.45) is 0. The number of halogens is 1. The Kier molecular flexibility index (Phi) is 3.58. The highest BCUT2D eigenvalue weighted by molar-refractivity contribution is 9.08. The molecule has 0 heterocycles. The lowest BCUT2D eigenvalue weighted by molar-refractivity contribution is -0.385. The highest BCUT2D eigenvalue weighted by Gasteiger charge is 2.22. The molecule has 0 saturated carbocycles. The quantitative estimate of drug-likeness (QED) is 0.520. The average molecular weight is 285 g/mol. The topological polar surface area (TPSA) is 104 Å². The lowest BCUT2D eigenvalue weighted by atomic mass is 10.0. The Morgan fingerprint density at radius 1 is 1.62 bits per heavy atom. The molecule has 0 atom stereocenters. The van der Waals surface area contributed by atoms with E-state index in [1.807, 2.05) is 0 Å². The molecular formula is C9H5BrN2O4. The molecule has 0 radical (unpaired) electrons. The van der Waals surface area contributed by atoms with Gasteiger partial charge < -0.3 is 5.11 Å². The van der Waals surface area contributed by atoms with Crippen molar-refractivity contribution in [1.29, 1.82) is 5.26 Å². The van der Waals surface area contributed by atoms with Crippen LogP contribution in [0.15, 0.2) is 12.1 Å². The first-order chi connectivity index (χ1) is 7.51. The predicted molar refractivity (Wildman–Crippen MR) is 57.4 cm³/mol. The molecule has 0 aliphatic heterocycles. The lowest BCUT2D eigenvalue weighted by Gasteiger charge is -2.03. The number of benzene rings is 1. The van der Waals surface area contributed by atoms with Gasteiger partial charge in [0.2, 0.25) is 0 Å². The molecule has 1 N–H and O–H groups in total. The van der Waals surface area contributed by atoms with Gasteiger partial charge in [0.15, 0.2) is 0 Å². The Morgan fingerprint density at radius 2 is 2.25 bits per heavy atom. The Hall–Kier alpha value is -1.94. The van der Waals surface area contributed by atoms with Crippen LogP contribution in [0, 0.1) is 21.4 Å². The molecule has 0 amide bonds. The van der Waals surface area contributed by atoms with Crippen LogP contribution in [-0.2, 0) is 5.33 Å². The maximum Gasteiger partial charge on any atom is 0.335 e. The summed E-state index contributed by atoms with van der Waals surface area (Å²) in [7, 11) is 0. The van der Waals surface area contributed by atoms with E-state index in [0.29, 0.717) is 0 Å². The summed E-state index contributed by atoms with van der Waals surface area (Å²) in [6, 6.07) is 3.79. The van der Waals surface area contributed by atoms with Crippen molar-refractivity contribution < 1.29 is 14.8 Å². The molecule has 0 saturated heterocycles. The van der Waals surface area contributed by atoms with Crippen LogP contribution < -0.4 is 0 Å². The molecule has 7 heteroatoms. The first-order valence-corrected chi connectivity index (χ1v) is 5.14. The van der Waals surface area contributed by atoms with Gasteiger partial charge in [-0.05, 0) is 12.1 Å². The third-order valence-corrected chi connectivity index (χ3v) is 2.49. The molecule has 0 spiro atoms. The predicted octanol–water partition coefficient (Wildman–Crippen LogP) is 2.06. The van der Waals surface area contributed by atoms with Gasteiger partial charge >= 0.3 is 5.97 Å². The number of hydrogen-bond acceptors (Lipinski definition) is 4. The zero-order valence-corrected chi connectivity index (χ0v) is 9.39. The van der Waals surface area contributed by atoms with Crippen LogP contribution in [-0.4, -0.2) is 16.0 Å². The summed E-state index contributed by atoms with van der Waals surface area (Å²) in [5, 5.41) is 28.3. The molecule has 0 aromatic heterocycles. The van der Waals surface area contributed by atoms with E-state index < -0.39 is 10.9 Å². The van der Waals surface area contributed by atoms with Crippen molar-refractivity contribution in [2.24, 2.45) is 0 Å². The van der Waals surface area contributed by atoms with Gasteiger partial charge in [-0.3, -0.25) is 10.1 Å². The van der Waals surface area contributed by atoms with E-state index >= 15 is 0 Å². The van der Waals surface area contributed by atoms with Crippen molar-refractivity contribution in [3.63, 3.8) is 0 Å². The maximum absolute atomic E-state index is 10.7. The molecule has 82 valence electrons. The molecule has 0 bridgehead atoms. The van der Waals surface area contributed by atoms with Crippen molar-refractivity contribution in [2.75, 3.05) is 0 Å². The molecule has 1 rings (SSSR count). The number of hydrogen-bond donors (Lipinski definition) is 1. The van der Waals surface area contributed by atoms with E-state index in [1.165, 1.54) is 6.07 Å². The third kappa shape index (κ3) is 2.17. The number of rotatable bonds is 3. The molecular weight excluding hydrogens is 280 g/mol. The number of nitrogens with zero attached hydrogens (tertiary/aromatic N) is 2. The molecule has 0 unspecified atom stereocenters. The number of aromatic carboxylic acids is 1. The van der Waals surface area contributed by atoms with Gasteiger partial charge in [0.05, 0.1) is 10.5 Å². The van der Waals surface area contributed by atoms with Gasteiger partial charge in [-0.1, -0.05) is 15.9 Å². The van der Waals surface area contributed by atoms with Crippen molar-refractivity contribution in [2.45, 2.75) is 5.33 Å². The summed E-state index contributed by atoms with van der Waals surface area (Å²) in [6.45, 7) is 0. The third-order valence-electron chi connectivity index (χ3n) is 1.88. The zero-order valence-electron chi connectivity index (χ0n) is 7.81. The average Bonchev–Trinajstić information content (AvgIpc) is 2.26. The van der Waals surface area contributed by atoms with E-state index in [1.54, 1.807) is 6.07 Å². The molecule has 0 aliphatic rings. The number of carboxylic acids is 1. The second-order valence-corrected chi connectivity index (χ2v) is 3.40. The first kappa shape index (κ1) is 12.1. The summed E-state index contributed by atoms with van der Waals surface area (Å²) in [5.74, 6) is -1.23. The number of nitriles is 1. The first-order valence-electron chi connectivity index (χ1n) is 4.02. The largest absolute Gasteiger partial charge is 0.478 e. The SMILES string of the molecule is N#Cc1cc(C(=O)O)cc(CBr)c1[N+](=O)[O-]. The highest BCUT2D eigenvalue weighted by atomic mass is 79.9. The van der Waals surface area contributed by atoms with E-state index in [-0.39, 0.29) is 27.7 Å². The van der Waals surface area contributed by atoms with Crippen molar-refractivity contribution >= 4 is 27.6 Å². The van der Waals surface area contributed by atoms with Gasteiger partial charge in [0.1, 0.15) is 11.6 Å². The van der Waals surface area contributed by atoms with Gasteiger partial charge in [0, 0.05) is 10.9 Å². The fourth-order valence-corrected chi connectivity index (χ4v) is 1.65. The van der Waals surface area contributed by atoms with Crippen molar-refractivity contribution in [3.8, 4) is 6.07 Å². The molecule has 0 aliphatic carbocycles. The standard InChI is InChI=1S/C9H5BrN2O4/c10-3-6-1-5(9(13)14)2-7(4-11)8(6)12(15)16/h1-2H,3H2,(H,13,14). The summed E-state index contributed by atoms with van der Waals surface area (Å²) >= 11 is 3.02. The lowest BCUT2D eigenvalue weighted by Crippen LogP contribution is -2.03. The van der Waals surface area contributed by atoms with Crippen LogP contribution in [0.5, 0.6) is 0 Å². The van der Waals surface area contributed by atoms with E-state index in [9.17, 15) is 14.9 Å². The minimum Gasteiger partial charge on any atom is -0.478 e. The van der Waals surface area contributed by atoms with Crippen LogP contribution in [0.1, 0.15) is 21.5 Å². The highest BCUT2D eigenvalue weighted by Crippen LogP contribution is 2.27. The Morgan fingerprint density at radius 3 is 2.62 bits per heavy atom. The van der Waals surface area contributed by atoms with E-state index in [2.05, 4.69) is 15.9 Å². The fourth-order valence-electron chi connectivity index (χ4n) is 1.22. The Balaban J connectivity index is 3.57. The zero-order chi connectivity index (χ0) is 12.3. The molecule has 16 heavy (non-hydrogen) atoms. The van der Waals surface area contributed by atoms with Crippen LogP contribution in [0.3, 0.4) is 0 Å². The minimum absolute atomic E-state index is 0.110. The number of carbonyl (C=O) groups is 1. The van der Waals surface area contributed by atoms with E-state index in [0.717, 1.165) is 6.07 Å². The van der Waals surface area contributed by atoms with Gasteiger partial charge in [-0.2, -0.15) is 5.26 Å².